The number of nitrogens with zero attached hydrogens (tertiary/aromatic N) is 4. The molecule has 146 valence electrons. The zero-order valence-electron chi connectivity index (χ0n) is 16.7. The van der Waals surface area contributed by atoms with E-state index in [1.165, 1.54) is 16.7 Å². The molecule has 0 aliphatic carbocycles. The fraction of sp³-hybridized carbons (Fsp3) is 0.364. The molecule has 1 unspecified atom stereocenters. The summed E-state index contributed by atoms with van der Waals surface area (Å²) in [4.78, 5) is 21.7. The molecule has 0 radical (unpaired) electrons. The van der Waals surface area contributed by atoms with E-state index in [-0.39, 0.29) is 5.91 Å². The number of amides is 1. The van der Waals surface area contributed by atoms with Gasteiger partial charge in [0.05, 0.1) is 11.7 Å². The molecule has 3 aromatic rings. The molecule has 0 bridgehead atoms. The van der Waals surface area contributed by atoms with Gasteiger partial charge in [-0.1, -0.05) is 25.1 Å². The molecule has 3 heterocycles. The molecule has 6 heteroatoms. The summed E-state index contributed by atoms with van der Waals surface area (Å²) in [7, 11) is 6.10. The number of halogens is 1. The molecule has 0 fully saturated rings. The first-order valence-corrected chi connectivity index (χ1v) is 10.3. The van der Waals surface area contributed by atoms with E-state index < -0.39 is 0 Å². The third kappa shape index (κ3) is 3.47. The molecule has 0 N–H and O–H groups in total. The van der Waals surface area contributed by atoms with Crippen LogP contribution in [0.15, 0.2) is 41.1 Å². The van der Waals surface area contributed by atoms with Crippen molar-refractivity contribution in [2.24, 2.45) is 7.05 Å². The van der Waals surface area contributed by atoms with Crippen LogP contribution >= 0.6 is 15.9 Å². The van der Waals surface area contributed by atoms with E-state index in [2.05, 4.69) is 65.0 Å². The summed E-state index contributed by atoms with van der Waals surface area (Å²) in [5.41, 5.74) is 5.61. The third-order valence-electron chi connectivity index (χ3n) is 5.50. The number of hydrogen-bond donors (Lipinski definition) is 0. The fourth-order valence-electron chi connectivity index (χ4n) is 4.14. The van der Waals surface area contributed by atoms with Gasteiger partial charge in [-0.15, -0.1) is 0 Å². The van der Waals surface area contributed by atoms with Crippen LogP contribution in [-0.2, 0) is 20.1 Å². The normalized spacial score (nSPS) is 16.6. The number of hydrogen-bond acceptors (Lipinski definition) is 3. The van der Waals surface area contributed by atoms with Crippen molar-refractivity contribution in [2.45, 2.75) is 25.9 Å². The van der Waals surface area contributed by atoms with Crippen molar-refractivity contribution in [3.05, 3.63) is 63.5 Å². The van der Waals surface area contributed by atoms with Gasteiger partial charge in [0.1, 0.15) is 10.3 Å². The highest BCUT2D eigenvalue weighted by Crippen LogP contribution is 2.31. The van der Waals surface area contributed by atoms with E-state index in [1.54, 1.807) is 6.20 Å². The first-order valence-electron chi connectivity index (χ1n) is 9.50. The second-order valence-corrected chi connectivity index (χ2v) is 8.82. The molecular weight excluding hydrogens is 416 g/mol. The zero-order chi connectivity index (χ0) is 20.0. The van der Waals surface area contributed by atoms with Gasteiger partial charge in [-0.3, -0.25) is 4.79 Å². The van der Waals surface area contributed by atoms with E-state index in [0.29, 0.717) is 18.2 Å². The van der Waals surface area contributed by atoms with Gasteiger partial charge in [-0.2, -0.15) is 0 Å². The maximum Gasteiger partial charge on any atom is 0.270 e. The Morgan fingerprint density at radius 1 is 1.29 bits per heavy atom. The van der Waals surface area contributed by atoms with Crippen LogP contribution in [0.25, 0.3) is 10.9 Å². The van der Waals surface area contributed by atoms with Crippen LogP contribution in [0.4, 0.5) is 0 Å². The van der Waals surface area contributed by atoms with Crippen LogP contribution in [0.5, 0.6) is 0 Å². The van der Waals surface area contributed by atoms with E-state index in [0.717, 1.165) is 28.6 Å². The molecule has 1 amide bonds. The van der Waals surface area contributed by atoms with Crippen LogP contribution in [0.2, 0.25) is 0 Å². The topological polar surface area (TPSA) is 41.4 Å². The first kappa shape index (κ1) is 19.2. The molecule has 1 aliphatic rings. The van der Waals surface area contributed by atoms with Gasteiger partial charge < -0.3 is 14.4 Å². The number of rotatable bonds is 3. The van der Waals surface area contributed by atoms with Crippen molar-refractivity contribution in [1.29, 1.82) is 0 Å². The lowest BCUT2D eigenvalue weighted by Gasteiger charge is -2.33. The number of pyridine rings is 1. The van der Waals surface area contributed by atoms with Crippen molar-refractivity contribution in [1.82, 2.24) is 19.4 Å². The van der Waals surface area contributed by atoms with E-state index in [4.69, 9.17) is 0 Å². The minimum atomic E-state index is 0.0738. The molecule has 1 atom stereocenters. The van der Waals surface area contributed by atoms with Crippen molar-refractivity contribution in [2.75, 3.05) is 20.6 Å². The average molecular weight is 441 g/mol. The minimum Gasteiger partial charge on any atom is -0.338 e. The molecule has 0 saturated carbocycles. The number of carbonyl (C=O) groups excluding carboxylic acids is 1. The number of aryl methyl sites for hydroxylation is 1. The lowest BCUT2D eigenvalue weighted by Crippen LogP contribution is -2.38. The Morgan fingerprint density at radius 2 is 2.07 bits per heavy atom. The Kier molecular flexibility index (Phi) is 5.02. The summed E-state index contributed by atoms with van der Waals surface area (Å²) >= 11 is 3.41. The summed E-state index contributed by atoms with van der Waals surface area (Å²) in [6.07, 6.45) is 1.80. The van der Waals surface area contributed by atoms with Crippen LogP contribution < -0.4 is 0 Å². The van der Waals surface area contributed by atoms with Gasteiger partial charge in [0.2, 0.25) is 0 Å². The summed E-state index contributed by atoms with van der Waals surface area (Å²) in [5, 5.41) is 1.02. The van der Waals surface area contributed by atoms with Crippen molar-refractivity contribution >= 4 is 32.7 Å². The lowest BCUT2D eigenvalue weighted by atomic mass is 9.89. The summed E-state index contributed by atoms with van der Waals surface area (Å²) in [6, 6.07) is 10.6. The standard InChI is InChI=1S/C22H25BrN4O/c1-14-11-27(13-16-6-5-15(7-18(14)16)12-25(2)3)22(28)19-8-17-9-21(23)24-10-20(17)26(19)4/h5-10,14H,11-13H2,1-4H3. The maximum absolute atomic E-state index is 13.3. The number of aromatic nitrogens is 2. The predicted molar refractivity (Wildman–Crippen MR) is 115 cm³/mol. The van der Waals surface area contributed by atoms with Gasteiger partial charge in [-0.25, -0.2) is 4.98 Å². The van der Waals surface area contributed by atoms with Crippen molar-refractivity contribution < 1.29 is 4.79 Å². The molecule has 0 saturated heterocycles. The largest absolute Gasteiger partial charge is 0.338 e. The Hall–Kier alpha value is -2.18. The molecule has 2 aromatic heterocycles. The Morgan fingerprint density at radius 3 is 2.82 bits per heavy atom. The number of benzene rings is 1. The summed E-state index contributed by atoms with van der Waals surface area (Å²) in [6.45, 7) is 4.54. The van der Waals surface area contributed by atoms with Gasteiger partial charge in [0.25, 0.3) is 5.91 Å². The zero-order valence-corrected chi connectivity index (χ0v) is 18.3. The van der Waals surface area contributed by atoms with Gasteiger partial charge in [0, 0.05) is 32.1 Å². The Labute approximate surface area is 174 Å². The number of carbonyl (C=O) groups is 1. The minimum absolute atomic E-state index is 0.0738. The number of fused-ring (bicyclic) bond motifs is 2. The van der Waals surface area contributed by atoms with Crippen LogP contribution in [0.3, 0.4) is 0 Å². The quantitative estimate of drug-likeness (QED) is 0.574. The maximum atomic E-state index is 13.3. The summed E-state index contributed by atoms with van der Waals surface area (Å²) < 4.78 is 2.72. The van der Waals surface area contributed by atoms with Crippen molar-refractivity contribution in [3.8, 4) is 0 Å². The van der Waals surface area contributed by atoms with Crippen LogP contribution in [-0.4, -0.2) is 45.9 Å². The average Bonchev–Trinajstić information content (AvgIpc) is 2.96. The molecule has 0 spiro atoms. The second-order valence-electron chi connectivity index (χ2n) is 8.01. The molecule has 28 heavy (non-hydrogen) atoms. The highest BCUT2D eigenvalue weighted by molar-refractivity contribution is 9.10. The monoisotopic (exact) mass is 440 g/mol. The van der Waals surface area contributed by atoms with Crippen LogP contribution in [0, 0.1) is 0 Å². The SMILES string of the molecule is CC1CN(C(=O)c2cc3cc(Br)ncc3n2C)Cc2ccc(CN(C)C)cc21. The third-order valence-corrected chi connectivity index (χ3v) is 5.93. The molecular formula is C22H25BrN4O. The van der Waals surface area contributed by atoms with Gasteiger partial charge in [0.15, 0.2) is 0 Å². The fourth-order valence-corrected chi connectivity index (χ4v) is 4.49. The van der Waals surface area contributed by atoms with Gasteiger partial charge in [-0.05, 0) is 64.8 Å². The molecule has 1 aliphatic heterocycles. The second kappa shape index (κ2) is 7.33. The highest BCUT2D eigenvalue weighted by Gasteiger charge is 2.28. The Balaban J connectivity index is 1.63. The first-order chi connectivity index (χ1) is 13.3. The lowest BCUT2D eigenvalue weighted by molar-refractivity contribution is 0.0711. The molecule has 5 nitrogen and oxygen atoms in total. The predicted octanol–water partition coefficient (Wildman–Crippen LogP) is 4.16. The van der Waals surface area contributed by atoms with E-state index in [9.17, 15) is 4.79 Å². The van der Waals surface area contributed by atoms with Crippen molar-refractivity contribution in [3.63, 3.8) is 0 Å². The highest BCUT2D eigenvalue weighted by atomic mass is 79.9. The molecule has 1 aromatic carbocycles. The van der Waals surface area contributed by atoms with Gasteiger partial charge >= 0.3 is 0 Å². The smallest absolute Gasteiger partial charge is 0.270 e. The van der Waals surface area contributed by atoms with Crippen LogP contribution in [0.1, 0.15) is 40.0 Å². The molecule has 4 rings (SSSR count). The van der Waals surface area contributed by atoms with E-state index in [1.807, 2.05) is 28.6 Å². The Bertz CT molecular complexity index is 1060. The summed E-state index contributed by atoms with van der Waals surface area (Å²) in [5.74, 6) is 0.394. The van der Waals surface area contributed by atoms with E-state index >= 15 is 0 Å².